The van der Waals surface area contributed by atoms with Gasteiger partial charge in [0.15, 0.2) is 0 Å². The molecule has 0 saturated carbocycles. The molecule has 0 saturated heterocycles. The van der Waals surface area contributed by atoms with E-state index in [1.165, 1.54) is 16.7 Å². The molecule has 1 rings (SSSR count). The fourth-order valence-electron chi connectivity index (χ4n) is 1.53. The Balaban J connectivity index is 3.23. The van der Waals surface area contributed by atoms with Crippen molar-refractivity contribution in [1.29, 1.82) is 0 Å². The smallest absolute Gasteiger partial charge is 0.0201 e. The predicted molar refractivity (Wildman–Crippen MR) is 55.3 cm³/mol. The summed E-state index contributed by atoms with van der Waals surface area (Å²) in [6, 6.07) is 6.43. The van der Waals surface area contributed by atoms with Crippen molar-refractivity contribution in [3.05, 3.63) is 41.5 Å². The van der Waals surface area contributed by atoms with Crippen LogP contribution in [0.2, 0.25) is 0 Å². The van der Waals surface area contributed by atoms with Crippen molar-refractivity contribution >= 4 is 5.57 Å². The molecule has 0 heteroatoms. The minimum Gasteiger partial charge on any atom is -0.0955 e. The van der Waals surface area contributed by atoms with E-state index in [4.69, 9.17) is 0 Å². The van der Waals surface area contributed by atoms with E-state index in [9.17, 15) is 0 Å². The maximum Gasteiger partial charge on any atom is -0.0201 e. The van der Waals surface area contributed by atoms with Gasteiger partial charge in [0.25, 0.3) is 0 Å². The van der Waals surface area contributed by atoms with Gasteiger partial charge in [-0.3, -0.25) is 0 Å². The Morgan fingerprint density at radius 3 is 2.58 bits per heavy atom. The molecule has 0 N–H and O–H groups in total. The highest BCUT2D eigenvalue weighted by Gasteiger charge is 2.01. The van der Waals surface area contributed by atoms with Crippen LogP contribution in [0.3, 0.4) is 0 Å². The monoisotopic (exact) mass is 160 g/mol. The molecule has 1 aromatic rings. The third-order valence-electron chi connectivity index (χ3n) is 2.29. The molecule has 0 atom stereocenters. The van der Waals surface area contributed by atoms with Gasteiger partial charge in [0.05, 0.1) is 0 Å². The van der Waals surface area contributed by atoms with E-state index < -0.39 is 0 Å². The van der Waals surface area contributed by atoms with Crippen LogP contribution >= 0.6 is 0 Å². The SMILES string of the molecule is C=C(C)c1cccc(CC)c1C. The molecule has 1 aromatic carbocycles. The first-order chi connectivity index (χ1) is 5.66. The number of aryl methyl sites for hydroxylation is 1. The molecule has 0 bridgehead atoms. The van der Waals surface area contributed by atoms with E-state index >= 15 is 0 Å². The zero-order chi connectivity index (χ0) is 9.14. The highest BCUT2D eigenvalue weighted by atomic mass is 14.1. The van der Waals surface area contributed by atoms with Gasteiger partial charge in [0.2, 0.25) is 0 Å². The Morgan fingerprint density at radius 2 is 2.08 bits per heavy atom. The second-order valence-electron chi connectivity index (χ2n) is 3.22. The zero-order valence-corrected chi connectivity index (χ0v) is 8.15. The first-order valence-electron chi connectivity index (χ1n) is 4.41. The quantitative estimate of drug-likeness (QED) is 0.620. The fourth-order valence-corrected chi connectivity index (χ4v) is 1.53. The summed E-state index contributed by atoms with van der Waals surface area (Å²) in [4.78, 5) is 0. The lowest BCUT2D eigenvalue weighted by Gasteiger charge is -2.08. The minimum atomic E-state index is 1.10. The molecular formula is C12H16. The standard InChI is InChI=1S/C12H16/c1-5-11-7-6-8-12(9(2)3)10(11)4/h6-8H,2,5H2,1,3-4H3. The lowest BCUT2D eigenvalue weighted by Crippen LogP contribution is -1.91. The van der Waals surface area contributed by atoms with E-state index in [0.717, 1.165) is 12.0 Å². The van der Waals surface area contributed by atoms with Crippen LogP contribution < -0.4 is 0 Å². The molecule has 0 spiro atoms. The molecule has 0 aliphatic rings. The van der Waals surface area contributed by atoms with E-state index in [1.54, 1.807) is 0 Å². The lowest BCUT2D eigenvalue weighted by atomic mass is 9.97. The third-order valence-corrected chi connectivity index (χ3v) is 2.29. The molecule has 0 aliphatic heterocycles. The molecular weight excluding hydrogens is 144 g/mol. The van der Waals surface area contributed by atoms with Crippen LogP contribution in [0, 0.1) is 6.92 Å². The Hall–Kier alpha value is -1.04. The van der Waals surface area contributed by atoms with E-state index in [1.807, 2.05) is 0 Å². The molecule has 0 radical (unpaired) electrons. The second kappa shape index (κ2) is 3.57. The van der Waals surface area contributed by atoms with Gasteiger partial charge in [-0.25, -0.2) is 0 Å². The van der Waals surface area contributed by atoms with Crippen molar-refractivity contribution in [2.24, 2.45) is 0 Å². The normalized spacial score (nSPS) is 9.92. The highest BCUT2D eigenvalue weighted by molar-refractivity contribution is 5.65. The largest absolute Gasteiger partial charge is 0.0955 e. The average molecular weight is 160 g/mol. The van der Waals surface area contributed by atoms with Gasteiger partial charge in [-0.05, 0) is 37.0 Å². The highest BCUT2D eigenvalue weighted by Crippen LogP contribution is 2.20. The van der Waals surface area contributed by atoms with Crippen molar-refractivity contribution in [2.75, 3.05) is 0 Å². The number of rotatable bonds is 2. The van der Waals surface area contributed by atoms with Crippen molar-refractivity contribution in [2.45, 2.75) is 27.2 Å². The van der Waals surface area contributed by atoms with Crippen molar-refractivity contribution < 1.29 is 0 Å². The molecule has 0 aromatic heterocycles. The summed E-state index contributed by atoms with van der Waals surface area (Å²) in [6.45, 7) is 10.4. The van der Waals surface area contributed by atoms with Crippen LogP contribution in [0.4, 0.5) is 0 Å². The van der Waals surface area contributed by atoms with Gasteiger partial charge in [-0.2, -0.15) is 0 Å². The first kappa shape index (κ1) is 9.05. The summed E-state index contributed by atoms with van der Waals surface area (Å²) in [6.07, 6.45) is 1.10. The van der Waals surface area contributed by atoms with Gasteiger partial charge >= 0.3 is 0 Å². The molecule has 0 nitrogen and oxygen atoms in total. The number of allylic oxidation sites excluding steroid dienone is 1. The van der Waals surface area contributed by atoms with Gasteiger partial charge in [-0.15, -0.1) is 0 Å². The minimum absolute atomic E-state index is 1.10. The average Bonchev–Trinajstić information content (AvgIpc) is 2.04. The Bertz CT molecular complexity index is 295. The van der Waals surface area contributed by atoms with Crippen LogP contribution in [-0.2, 0) is 6.42 Å². The lowest BCUT2D eigenvalue weighted by molar-refractivity contribution is 1.10. The molecule has 0 fully saturated rings. The summed E-state index contributed by atoms with van der Waals surface area (Å²) in [5, 5.41) is 0. The summed E-state index contributed by atoms with van der Waals surface area (Å²) in [7, 11) is 0. The van der Waals surface area contributed by atoms with Crippen molar-refractivity contribution in [3.8, 4) is 0 Å². The van der Waals surface area contributed by atoms with Gasteiger partial charge in [0.1, 0.15) is 0 Å². The Kier molecular flexibility index (Phi) is 2.69. The molecule has 0 amide bonds. The van der Waals surface area contributed by atoms with Crippen molar-refractivity contribution in [1.82, 2.24) is 0 Å². The number of benzene rings is 1. The van der Waals surface area contributed by atoms with E-state index in [2.05, 4.69) is 45.5 Å². The third kappa shape index (κ3) is 1.58. The molecule has 0 heterocycles. The van der Waals surface area contributed by atoms with Gasteiger partial charge < -0.3 is 0 Å². The van der Waals surface area contributed by atoms with Crippen LogP contribution in [-0.4, -0.2) is 0 Å². The van der Waals surface area contributed by atoms with Gasteiger partial charge in [-0.1, -0.05) is 37.3 Å². The fraction of sp³-hybridized carbons (Fsp3) is 0.333. The summed E-state index contributed by atoms with van der Waals surface area (Å²) in [5.74, 6) is 0. The van der Waals surface area contributed by atoms with E-state index in [0.29, 0.717) is 0 Å². The Labute approximate surface area is 74.9 Å². The number of hydrogen-bond acceptors (Lipinski definition) is 0. The summed E-state index contributed by atoms with van der Waals surface area (Å²) >= 11 is 0. The van der Waals surface area contributed by atoms with Crippen LogP contribution in [0.15, 0.2) is 24.8 Å². The van der Waals surface area contributed by atoms with Crippen LogP contribution in [0.5, 0.6) is 0 Å². The van der Waals surface area contributed by atoms with Gasteiger partial charge in [0, 0.05) is 0 Å². The topological polar surface area (TPSA) is 0 Å². The van der Waals surface area contributed by atoms with E-state index in [-0.39, 0.29) is 0 Å². The summed E-state index contributed by atoms with van der Waals surface area (Å²) < 4.78 is 0. The van der Waals surface area contributed by atoms with Crippen LogP contribution in [0.25, 0.3) is 5.57 Å². The first-order valence-corrected chi connectivity index (χ1v) is 4.41. The zero-order valence-electron chi connectivity index (χ0n) is 8.15. The molecule has 0 unspecified atom stereocenters. The molecule has 0 aliphatic carbocycles. The maximum absolute atomic E-state index is 3.96. The molecule has 64 valence electrons. The number of hydrogen-bond donors (Lipinski definition) is 0. The predicted octanol–water partition coefficient (Wildman–Crippen LogP) is 3.59. The van der Waals surface area contributed by atoms with Crippen LogP contribution in [0.1, 0.15) is 30.5 Å². The summed E-state index contributed by atoms with van der Waals surface area (Å²) in [5.41, 5.74) is 5.26. The van der Waals surface area contributed by atoms with Crippen molar-refractivity contribution in [3.63, 3.8) is 0 Å². The maximum atomic E-state index is 3.96. The second-order valence-corrected chi connectivity index (χ2v) is 3.22. The molecule has 12 heavy (non-hydrogen) atoms. The Morgan fingerprint density at radius 1 is 1.42 bits per heavy atom.